The normalized spacial score (nSPS) is 13.5. The summed E-state index contributed by atoms with van der Waals surface area (Å²) >= 11 is 0. The van der Waals surface area contributed by atoms with E-state index in [2.05, 4.69) is 5.32 Å². The Morgan fingerprint density at radius 3 is 1.95 bits per heavy atom. The first-order valence-corrected chi connectivity index (χ1v) is 12.8. The molecule has 0 saturated heterocycles. The van der Waals surface area contributed by atoms with Crippen molar-refractivity contribution in [1.82, 2.24) is 0 Å². The summed E-state index contributed by atoms with van der Waals surface area (Å²) in [6.45, 7) is 1.33. The minimum Gasteiger partial charge on any atom is -0.478 e. The van der Waals surface area contributed by atoms with E-state index in [1.54, 1.807) is 48.5 Å². The van der Waals surface area contributed by atoms with E-state index in [9.17, 15) is 23.1 Å². The van der Waals surface area contributed by atoms with Gasteiger partial charge in [0.05, 0.1) is 5.56 Å². The van der Waals surface area contributed by atoms with Crippen LogP contribution in [0.1, 0.15) is 28.4 Å². The van der Waals surface area contributed by atoms with Gasteiger partial charge in [-0.15, -0.1) is 0 Å². The fourth-order valence-electron chi connectivity index (χ4n) is 4.05. The van der Waals surface area contributed by atoms with Crippen LogP contribution in [0.4, 0.5) is 5.69 Å². The molecule has 0 unspecified atom stereocenters. The van der Waals surface area contributed by atoms with E-state index in [1.165, 1.54) is 37.3 Å². The maximum absolute atomic E-state index is 13.2. The second kappa shape index (κ2) is 9.56. The molecule has 1 aliphatic rings. The largest absolute Gasteiger partial charge is 0.478 e. The third-order valence-corrected chi connectivity index (χ3v) is 6.99. The van der Waals surface area contributed by atoms with Crippen molar-refractivity contribution in [3.8, 4) is 17.2 Å². The summed E-state index contributed by atoms with van der Waals surface area (Å²) in [6, 6.07) is 25.6. The van der Waals surface area contributed by atoms with Gasteiger partial charge in [0.15, 0.2) is 11.5 Å². The fraction of sp³-hybridized carbons (Fsp3) is 0.0714. The van der Waals surface area contributed by atoms with Gasteiger partial charge in [0.25, 0.3) is 0 Å². The number of fused-ring (bicyclic) bond motifs is 1. The van der Waals surface area contributed by atoms with E-state index in [0.29, 0.717) is 16.8 Å². The molecule has 5 rings (SSSR count). The number of hydrogen-bond donors (Lipinski definition) is 2. The van der Waals surface area contributed by atoms with Crippen molar-refractivity contribution in [2.75, 3.05) is 5.32 Å². The molecule has 9 nitrogen and oxygen atoms in total. The molecular weight excluding hydrogens is 510 g/mol. The average Bonchev–Trinajstić information content (AvgIpc) is 3.31. The Labute approximate surface area is 218 Å². The highest BCUT2D eigenvalue weighted by molar-refractivity contribution is 7.87. The molecule has 0 aromatic heterocycles. The molecule has 2 N–H and O–H groups in total. The van der Waals surface area contributed by atoms with Crippen molar-refractivity contribution < 1.29 is 36.8 Å². The van der Waals surface area contributed by atoms with Crippen LogP contribution >= 0.6 is 0 Å². The standard InChI is InChI=1S/C28H21NO8S/c1-18(30)29-22-12-14-23(15-13-22)38(33,34)37-25-17-19(27(31)32)16-24-26(25)36-28(35-24,20-8-4-2-5-9-20)21-10-6-3-7-11-21/h2-17H,1H3,(H,29,30)(H,31,32). The number of aromatic carboxylic acids is 1. The number of rotatable bonds is 7. The van der Waals surface area contributed by atoms with Crippen molar-refractivity contribution >= 4 is 27.7 Å². The van der Waals surface area contributed by atoms with Gasteiger partial charge in [-0.3, -0.25) is 4.79 Å². The minimum atomic E-state index is -4.43. The van der Waals surface area contributed by atoms with Crippen molar-refractivity contribution in [2.24, 2.45) is 0 Å². The summed E-state index contributed by atoms with van der Waals surface area (Å²) in [4.78, 5) is 22.9. The smallest absolute Gasteiger partial charge is 0.339 e. The topological polar surface area (TPSA) is 128 Å². The predicted molar refractivity (Wildman–Crippen MR) is 137 cm³/mol. The third-order valence-electron chi connectivity index (χ3n) is 5.74. The van der Waals surface area contributed by atoms with E-state index in [-0.39, 0.29) is 33.6 Å². The maximum Gasteiger partial charge on any atom is 0.339 e. The van der Waals surface area contributed by atoms with Crippen LogP contribution in [0.25, 0.3) is 0 Å². The van der Waals surface area contributed by atoms with Crippen molar-refractivity contribution in [2.45, 2.75) is 17.6 Å². The molecule has 1 aliphatic heterocycles. The van der Waals surface area contributed by atoms with E-state index < -0.39 is 21.9 Å². The zero-order valence-corrected chi connectivity index (χ0v) is 20.8. The van der Waals surface area contributed by atoms with Gasteiger partial charge in [-0.25, -0.2) is 4.79 Å². The Bertz CT molecular complexity index is 1580. The predicted octanol–water partition coefficient (Wildman–Crippen LogP) is 4.78. The molecule has 0 spiro atoms. The Morgan fingerprint density at radius 1 is 0.842 bits per heavy atom. The average molecular weight is 532 g/mol. The van der Waals surface area contributed by atoms with Crippen LogP contribution in [0, 0.1) is 0 Å². The van der Waals surface area contributed by atoms with Gasteiger partial charge >= 0.3 is 21.9 Å². The number of ether oxygens (including phenoxy) is 2. The van der Waals surface area contributed by atoms with Crippen LogP contribution in [-0.4, -0.2) is 25.4 Å². The monoisotopic (exact) mass is 531 g/mol. The minimum absolute atomic E-state index is 0.00353. The van der Waals surface area contributed by atoms with Crippen molar-refractivity contribution in [3.05, 3.63) is 114 Å². The van der Waals surface area contributed by atoms with Gasteiger partial charge in [-0.05, 0) is 30.3 Å². The highest BCUT2D eigenvalue weighted by Crippen LogP contribution is 2.53. The second-order valence-corrected chi connectivity index (χ2v) is 9.95. The lowest BCUT2D eigenvalue weighted by molar-refractivity contribution is -0.114. The van der Waals surface area contributed by atoms with E-state index in [4.69, 9.17) is 13.7 Å². The summed E-state index contributed by atoms with van der Waals surface area (Å²) in [5.41, 5.74) is 1.34. The molecule has 0 fully saturated rings. The first-order chi connectivity index (χ1) is 18.2. The molecule has 0 radical (unpaired) electrons. The molecule has 0 saturated carbocycles. The van der Waals surface area contributed by atoms with Gasteiger partial charge in [0.2, 0.25) is 11.7 Å². The fourth-order valence-corrected chi connectivity index (χ4v) is 4.98. The van der Waals surface area contributed by atoms with Crippen molar-refractivity contribution in [1.29, 1.82) is 0 Å². The molecule has 1 heterocycles. The first-order valence-electron chi connectivity index (χ1n) is 11.4. The van der Waals surface area contributed by atoms with Gasteiger partial charge in [-0.1, -0.05) is 60.7 Å². The zero-order valence-electron chi connectivity index (χ0n) is 20.0. The maximum atomic E-state index is 13.2. The number of carbonyl (C=O) groups excluding carboxylic acids is 1. The molecule has 0 bridgehead atoms. The molecule has 10 heteroatoms. The number of amides is 1. The van der Waals surface area contributed by atoms with Crippen LogP contribution in [0.3, 0.4) is 0 Å². The zero-order chi connectivity index (χ0) is 26.9. The summed E-state index contributed by atoms with van der Waals surface area (Å²) in [5, 5.41) is 12.2. The molecular formula is C28H21NO8S. The molecule has 192 valence electrons. The molecule has 4 aromatic carbocycles. The quantitative estimate of drug-likeness (QED) is 0.326. The van der Waals surface area contributed by atoms with E-state index in [1.807, 2.05) is 12.1 Å². The highest BCUT2D eigenvalue weighted by Gasteiger charge is 2.47. The number of anilines is 1. The lowest BCUT2D eigenvalue weighted by atomic mass is 9.97. The number of benzene rings is 4. The van der Waals surface area contributed by atoms with Crippen molar-refractivity contribution in [3.63, 3.8) is 0 Å². The number of carboxylic acid groups (broad SMARTS) is 1. The van der Waals surface area contributed by atoms with E-state index in [0.717, 1.165) is 6.07 Å². The van der Waals surface area contributed by atoms with Gasteiger partial charge in [0.1, 0.15) is 4.90 Å². The van der Waals surface area contributed by atoms with Gasteiger partial charge in [-0.2, -0.15) is 8.42 Å². The number of hydrogen-bond acceptors (Lipinski definition) is 7. The van der Waals surface area contributed by atoms with Crippen LogP contribution < -0.4 is 19.0 Å². The lowest BCUT2D eigenvalue weighted by Crippen LogP contribution is -2.36. The number of carboxylic acids is 1. The number of nitrogens with one attached hydrogen (secondary N) is 1. The van der Waals surface area contributed by atoms with E-state index >= 15 is 0 Å². The first kappa shape index (κ1) is 24.8. The van der Waals surface area contributed by atoms with Crippen LogP contribution in [-0.2, 0) is 20.7 Å². The third kappa shape index (κ3) is 4.64. The molecule has 0 aliphatic carbocycles. The molecule has 38 heavy (non-hydrogen) atoms. The van der Waals surface area contributed by atoms with Crippen LogP contribution in [0.15, 0.2) is 102 Å². The van der Waals surface area contributed by atoms with Gasteiger partial charge < -0.3 is 24.1 Å². The summed E-state index contributed by atoms with van der Waals surface area (Å²) in [5.74, 6) is -3.56. The molecule has 4 aromatic rings. The Hall–Kier alpha value is -4.83. The summed E-state index contributed by atoms with van der Waals surface area (Å²) in [6.07, 6.45) is 0. The summed E-state index contributed by atoms with van der Waals surface area (Å²) in [7, 11) is -4.43. The van der Waals surface area contributed by atoms with Gasteiger partial charge in [0, 0.05) is 29.8 Å². The Kier molecular flexibility index (Phi) is 6.25. The molecule has 0 atom stereocenters. The summed E-state index contributed by atoms with van der Waals surface area (Å²) < 4.78 is 44.3. The lowest BCUT2D eigenvalue weighted by Gasteiger charge is -2.28. The Morgan fingerprint density at radius 2 is 1.42 bits per heavy atom. The van der Waals surface area contributed by atoms with Crippen LogP contribution in [0.2, 0.25) is 0 Å². The highest BCUT2D eigenvalue weighted by atomic mass is 32.2. The second-order valence-electron chi connectivity index (χ2n) is 8.40. The number of carbonyl (C=O) groups is 2. The SMILES string of the molecule is CC(=O)Nc1ccc(S(=O)(=O)Oc2cc(C(=O)O)cc3c2OC(c2ccccc2)(c2ccccc2)O3)cc1. The van der Waals surface area contributed by atoms with Crippen LogP contribution in [0.5, 0.6) is 17.2 Å². The molecule has 1 amide bonds. The Balaban J connectivity index is 1.59.